The Hall–Kier alpha value is -2.45. The van der Waals surface area contributed by atoms with Gasteiger partial charge in [0.1, 0.15) is 6.04 Å². The normalized spacial score (nSPS) is 13.3. The van der Waals surface area contributed by atoms with Gasteiger partial charge in [-0.2, -0.15) is 5.53 Å². The Morgan fingerprint density at radius 1 is 1.00 bits per heavy atom. The van der Waals surface area contributed by atoms with Gasteiger partial charge >= 0.3 is 5.97 Å². The number of aliphatic carboxylic acids is 1. The number of hydrogen-bond acceptors (Lipinski definition) is 5. The Bertz CT molecular complexity index is 817. The molecule has 0 spiro atoms. The summed E-state index contributed by atoms with van der Waals surface area (Å²) in [5.41, 5.74) is 15.4. The zero-order valence-corrected chi connectivity index (χ0v) is 26.5. The van der Waals surface area contributed by atoms with E-state index in [1.165, 1.54) is 22.3 Å². The molecule has 7 N–H and O–H groups in total. The first-order valence-corrected chi connectivity index (χ1v) is 14.6. The molecular weight excluding hydrogens is 488 g/mol. The lowest BCUT2D eigenvalue weighted by molar-refractivity contribution is -0.140. The number of nitrogens with one attached hydrogen (secondary N) is 4. The predicted molar refractivity (Wildman–Crippen MR) is 170 cm³/mol. The molecule has 0 aliphatic heterocycles. The molecule has 226 valence electrons. The average Bonchev–Trinajstić information content (AvgIpc) is 2.95. The van der Waals surface area contributed by atoms with Crippen LogP contribution in [0.25, 0.3) is 5.57 Å². The van der Waals surface area contributed by atoms with Crippen molar-refractivity contribution in [2.75, 3.05) is 7.05 Å². The first-order valence-electron chi connectivity index (χ1n) is 14.6. The molecular formula is C32H60N4O3. The second-order valence-corrected chi connectivity index (χ2v) is 9.06. The van der Waals surface area contributed by atoms with Gasteiger partial charge in [0.2, 0.25) is 0 Å². The zero-order chi connectivity index (χ0) is 29.5. The predicted octanol–water partition coefficient (Wildman–Crippen LogP) is 6.59. The molecule has 1 aromatic rings. The maximum atomic E-state index is 10.8. The van der Waals surface area contributed by atoms with Gasteiger partial charge in [0.15, 0.2) is 0 Å². The van der Waals surface area contributed by atoms with E-state index in [1.807, 2.05) is 48.6 Å². The fraction of sp³-hybridized carbons (Fsp3) is 0.594. The molecule has 2 rings (SSSR count). The molecule has 0 saturated carbocycles. The van der Waals surface area contributed by atoms with Crippen LogP contribution in [0.3, 0.4) is 0 Å². The van der Waals surface area contributed by atoms with Crippen molar-refractivity contribution in [3.8, 4) is 0 Å². The van der Waals surface area contributed by atoms with E-state index in [0.29, 0.717) is 0 Å². The van der Waals surface area contributed by atoms with Crippen LogP contribution in [0.4, 0.5) is 0 Å². The van der Waals surface area contributed by atoms with Gasteiger partial charge in [-0.15, -0.1) is 0 Å². The van der Waals surface area contributed by atoms with E-state index in [2.05, 4.69) is 85.5 Å². The first-order chi connectivity index (χ1) is 18.2. The van der Waals surface area contributed by atoms with Crippen LogP contribution < -0.4 is 21.7 Å². The fourth-order valence-corrected chi connectivity index (χ4v) is 3.76. The van der Waals surface area contributed by atoms with Gasteiger partial charge in [0.05, 0.1) is 0 Å². The van der Waals surface area contributed by atoms with E-state index in [4.69, 9.17) is 5.11 Å². The topological polar surface area (TPSA) is 117 Å². The highest BCUT2D eigenvalue weighted by Crippen LogP contribution is 2.30. The van der Waals surface area contributed by atoms with Crippen LogP contribution in [-0.4, -0.2) is 35.7 Å². The second kappa shape index (κ2) is 25.8. The quantitative estimate of drug-likeness (QED) is 0.178. The zero-order valence-electron chi connectivity index (χ0n) is 26.5. The molecule has 1 aromatic carbocycles. The summed E-state index contributed by atoms with van der Waals surface area (Å²) >= 11 is 0. The number of aryl methyl sites for hydroxylation is 1. The van der Waals surface area contributed by atoms with Crippen molar-refractivity contribution in [1.29, 1.82) is 0 Å². The Balaban J connectivity index is -0.000000605. The van der Waals surface area contributed by atoms with Crippen molar-refractivity contribution >= 4 is 11.5 Å². The van der Waals surface area contributed by atoms with Crippen molar-refractivity contribution in [1.82, 2.24) is 21.7 Å². The molecule has 0 aromatic heterocycles. The van der Waals surface area contributed by atoms with E-state index in [1.54, 1.807) is 0 Å². The molecule has 39 heavy (non-hydrogen) atoms. The van der Waals surface area contributed by atoms with E-state index >= 15 is 0 Å². The molecule has 0 amide bonds. The number of carboxylic acid groups (broad SMARTS) is 1. The van der Waals surface area contributed by atoms with Gasteiger partial charge in [-0.3, -0.25) is 0 Å². The summed E-state index contributed by atoms with van der Waals surface area (Å²) in [6.07, 6.45) is 11.0. The number of unbranched alkanes of at least 4 members (excludes halogenated alkanes) is 1. The number of carbonyl (C=O) groups is 1. The lowest BCUT2D eigenvalue weighted by Gasteiger charge is -2.23. The molecule has 7 heteroatoms. The summed E-state index contributed by atoms with van der Waals surface area (Å²) in [7, 11) is 1.86. The van der Waals surface area contributed by atoms with Crippen LogP contribution in [0.15, 0.2) is 54.3 Å². The molecule has 7 nitrogen and oxygen atoms in total. The van der Waals surface area contributed by atoms with E-state index in [9.17, 15) is 4.79 Å². The van der Waals surface area contributed by atoms with E-state index < -0.39 is 12.0 Å². The molecule has 2 atom stereocenters. The minimum absolute atomic E-state index is 0. The Kier molecular flexibility index (Phi) is 27.2. The number of rotatable bonds is 13. The van der Waals surface area contributed by atoms with Gasteiger partial charge in [-0.05, 0) is 74.3 Å². The van der Waals surface area contributed by atoms with E-state index in [-0.39, 0.29) is 17.4 Å². The summed E-state index contributed by atoms with van der Waals surface area (Å²) in [6.45, 7) is 22.1. The number of hydrazine groups is 2. The first kappa shape index (κ1) is 41.0. The third kappa shape index (κ3) is 17.0. The number of allylic oxidation sites excluding steroid dienone is 3. The maximum absolute atomic E-state index is 10.8. The van der Waals surface area contributed by atoms with Crippen LogP contribution in [0.2, 0.25) is 0 Å². The van der Waals surface area contributed by atoms with Gasteiger partial charge in [-0.1, -0.05) is 105 Å². The van der Waals surface area contributed by atoms with Crippen LogP contribution in [-0.2, 0) is 11.2 Å². The highest BCUT2D eigenvalue weighted by atomic mass is 16.4. The summed E-state index contributed by atoms with van der Waals surface area (Å²) < 4.78 is 0. The molecule has 0 bridgehead atoms. The van der Waals surface area contributed by atoms with Gasteiger partial charge < -0.3 is 15.9 Å². The number of benzene rings is 1. The molecule has 1 aliphatic carbocycles. The Morgan fingerprint density at radius 2 is 1.56 bits per heavy atom. The molecule has 1 aliphatic rings. The average molecular weight is 549 g/mol. The van der Waals surface area contributed by atoms with Crippen molar-refractivity contribution < 1.29 is 15.4 Å². The van der Waals surface area contributed by atoms with Crippen LogP contribution in [0.5, 0.6) is 0 Å². The SMILES string of the molecule is C=C(CCCC)N[C@H](C(=O)O)C(C)C.CC.CC.CCc1ccc(C2=CCCC=C2C(C)NNNC)cc1.O. The minimum atomic E-state index is -0.808. The largest absolute Gasteiger partial charge is 0.480 e. The molecule has 0 radical (unpaired) electrons. The van der Waals surface area contributed by atoms with Gasteiger partial charge in [0.25, 0.3) is 0 Å². The van der Waals surface area contributed by atoms with Gasteiger partial charge in [0, 0.05) is 11.7 Å². The summed E-state index contributed by atoms with van der Waals surface area (Å²) in [5, 5.41) is 11.9. The maximum Gasteiger partial charge on any atom is 0.326 e. The third-order valence-corrected chi connectivity index (χ3v) is 5.87. The second-order valence-electron chi connectivity index (χ2n) is 9.06. The van der Waals surface area contributed by atoms with Crippen LogP contribution in [0, 0.1) is 5.92 Å². The monoisotopic (exact) mass is 548 g/mol. The smallest absolute Gasteiger partial charge is 0.326 e. The lowest BCUT2D eigenvalue weighted by Crippen LogP contribution is -2.46. The number of hydrogen-bond donors (Lipinski definition) is 5. The number of carboxylic acids is 1. The van der Waals surface area contributed by atoms with Crippen molar-refractivity contribution in [3.05, 3.63) is 65.4 Å². The third-order valence-electron chi connectivity index (χ3n) is 5.87. The van der Waals surface area contributed by atoms with Crippen LogP contribution >= 0.6 is 0 Å². The van der Waals surface area contributed by atoms with Gasteiger partial charge in [-0.25, -0.2) is 15.6 Å². The highest BCUT2D eigenvalue weighted by molar-refractivity contribution is 5.81. The summed E-state index contributed by atoms with van der Waals surface area (Å²) in [6, 6.07) is 8.68. The standard InChI is InChI=1S/C17H25N3.C11H21NO2.2C2H6.H2O/c1-4-14-9-11-15(12-10-14)17-8-6-5-7-16(17)13(2)19-20-18-3;1-5-6-7-9(4)12-10(8(2)3)11(13)14;2*1-2;/h7-13,18-20H,4-6H2,1-3H3;8,10,12H,4-7H2,1-3H3,(H,13,14);2*1-2H3;1H2/t;10-;;;/m.0.../s1. The Labute approximate surface area is 239 Å². The van der Waals surface area contributed by atoms with Crippen molar-refractivity contribution in [2.24, 2.45) is 5.92 Å². The Morgan fingerprint density at radius 3 is 2.03 bits per heavy atom. The summed E-state index contributed by atoms with van der Waals surface area (Å²) in [4.78, 5) is 10.8. The minimum Gasteiger partial charge on any atom is -0.480 e. The molecule has 0 fully saturated rings. The van der Waals surface area contributed by atoms with E-state index in [0.717, 1.165) is 44.2 Å². The molecule has 0 heterocycles. The summed E-state index contributed by atoms with van der Waals surface area (Å²) in [5.74, 6) is -0.733. The van der Waals surface area contributed by atoms with Crippen molar-refractivity contribution in [3.63, 3.8) is 0 Å². The van der Waals surface area contributed by atoms with Crippen molar-refractivity contribution in [2.45, 2.75) is 113 Å². The molecule has 0 saturated heterocycles. The highest BCUT2D eigenvalue weighted by Gasteiger charge is 2.21. The fourth-order valence-electron chi connectivity index (χ4n) is 3.76. The molecule has 1 unspecified atom stereocenters. The lowest BCUT2D eigenvalue weighted by atomic mass is 9.88. The van der Waals surface area contributed by atoms with Crippen LogP contribution in [0.1, 0.15) is 106 Å².